The lowest BCUT2D eigenvalue weighted by Crippen LogP contribution is -2.24. The van der Waals surface area contributed by atoms with Crippen LogP contribution in [0.15, 0.2) is 199 Å². The number of fused-ring (bicyclic) bond motifs is 5. The second kappa shape index (κ2) is 13.1. The lowest BCUT2D eigenvalue weighted by molar-refractivity contribution is 0.634. The van der Waals surface area contributed by atoms with Crippen molar-refractivity contribution in [3.8, 4) is 33.4 Å². The van der Waals surface area contributed by atoms with Gasteiger partial charge in [-0.3, -0.25) is 0 Å². The van der Waals surface area contributed by atoms with Gasteiger partial charge < -0.3 is 4.90 Å². The van der Waals surface area contributed by atoms with Gasteiger partial charge in [0.05, 0.1) is 0 Å². The van der Waals surface area contributed by atoms with Gasteiger partial charge in [-0.15, -0.1) is 0 Å². The average Bonchev–Trinajstić information content (AvgIpc) is 3.47. The van der Waals surface area contributed by atoms with Gasteiger partial charge in [0, 0.05) is 22.5 Å². The fourth-order valence-electron chi connectivity index (χ4n) is 9.43. The number of allylic oxidation sites excluding steroid dienone is 4. The average molecular weight is 706 g/mol. The van der Waals surface area contributed by atoms with E-state index in [1.165, 1.54) is 88.6 Å². The van der Waals surface area contributed by atoms with Crippen molar-refractivity contribution in [3.05, 3.63) is 210 Å². The molecule has 1 nitrogen and oxygen atoms in total. The quantitative estimate of drug-likeness (QED) is 0.156. The van der Waals surface area contributed by atoms with Crippen molar-refractivity contribution in [1.29, 1.82) is 0 Å². The molecule has 264 valence electrons. The minimum absolute atomic E-state index is 0.0785. The maximum atomic E-state index is 2.53. The van der Waals surface area contributed by atoms with Gasteiger partial charge in [-0.1, -0.05) is 172 Å². The molecule has 10 rings (SSSR count). The zero-order valence-corrected chi connectivity index (χ0v) is 31.6. The Kier molecular flexibility index (Phi) is 7.92. The van der Waals surface area contributed by atoms with Crippen molar-refractivity contribution < 1.29 is 0 Å². The molecule has 0 radical (unpaired) electrons. The molecule has 0 aliphatic heterocycles. The van der Waals surface area contributed by atoms with E-state index in [2.05, 4.69) is 214 Å². The van der Waals surface area contributed by atoms with Gasteiger partial charge in [0.1, 0.15) is 0 Å². The molecule has 0 spiro atoms. The molecular weight excluding hydrogens is 663 g/mol. The fraction of sp³-hybridized carbons (Fsp3) is 0.111. The van der Waals surface area contributed by atoms with Gasteiger partial charge in [0.15, 0.2) is 0 Å². The minimum Gasteiger partial charge on any atom is -0.314 e. The predicted molar refractivity (Wildman–Crippen MR) is 235 cm³/mol. The first-order chi connectivity index (χ1) is 27.0. The van der Waals surface area contributed by atoms with Crippen LogP contribution in [0.3, 0.4) is 0 Å². The summed E-state index contributed by atoms with van der Waals surface area (Å²) in [5, 5.41) is 5.09. The largest absolute Gasteiger partial charge is 0.314 e. The van der Waals surface area contributed by atoms with Crippen molar-refractivity contribution >= 4 is 38.5 Å². The van der Waals surface area contributed by atoms with Crippen molar-refractivity contribution in [2.75, 3.05) is 4.90 Å². The van der Waals surface area contributed by atoms with E-state index in [0.717, 1.165) is 12.1 Å². The third kappa shape index (κ3) is 5.53. The number of nitrogens with zero attached hydrogens (tertiary/aromatic N) is 1. The van der Waals surface area contributed by atoms with Crippen LogP contribution in [0.25, 0.3) is 60.5 Å². The maximum Gasteiger partial charge on any atom is 0.0465 e. The van der Waals surface area contributed by atoms with E-state index in [0.29, 0.717) is 5.92 Å². The standard InChI is InChI=1S/C54H43N/c1-36-32-43(35-52-53(36)48-24-14-15-25-51(48)54(52,2)3)55(41-28-26-38(27-29-41)37-16-6-4-7-17-37)42-30-31-47(49(34-42)39-18-8-5-9-19-39)50-33-40-20-10-11-21-44(40)45-22-12-13-23-46(45)50/h4-31,33-36H,32H2,1-3H3/t36-/m1/s1. The van der Waals surface area contributed by atoms with E-state index < -0.39 is 0 Å². The van der Waals surface area contributed by atoms with Crippen molar-refractivity contribution in [1.82, 2.24) is 0 Å². The Hall–Kier alpha value is -6.44. The molecule has 2 aliphatic carbocycles. The summed E-state index contributed by atoms with van der Waals surface area (Å²) >= 11 is 0. The van der Waals surface area contributed by atoms with E-state index in [1.807, 2.05) is 0 Å². The maximum absolute atomic E-state index is 2.53. The van der Waals surface area contributed by atoms with Crippen molar-refractivity contribution in [2.45, 2.75) is 32.6 Å². The van der Waals surface area contributed by atoms with E-state index in [4.69, 9.17) is 0 Å². The fourth-order valence-corrected chi connectivity index (χ4v) is 9.43. The molecule has 2 aliphatic rings. The van der Waals surface area contributed by atoms with Gasteiger partial charge in [0.2, 0.25) is 0 Å². The highest BCUT2D eigenvalue weighted by atomic mass is 15.1. The Bertz CT molecular complexity index is 2800. The summed E-state index contributed by atoms with van der Waals surface area (Å²) in [5.74, 6) is 0.376. The molecule has 8 aromatic carbocycles. The third-order valence-electron chi connectivity index (χ3n) is 12.1. The molecule has 1 atom stereocenters. The summed E-state index contributed by atoms with van der Waals surface area (Å²) in [5.41, 5.74) is 16.7. The summed E-state index contributed by atoms with van der Waals surface area (Å²) in [4.78, 5) is 2.53. The number of hydrogen-bond donors (Lipinski definition) is 0. The molecular formula is C54H43N. The van der Waals surface area contributed by atoms with Crippen LogP contribution in [0, 0.1) is 5.92 Å². The lowest BCUT2D eigenvalue weighted by Gasteiger charge is -2.35. The van der Waals surface area contributed by atoms with Crippen LogP contribution in [0.1, 0.15) is 38.3 Å². The summed E-state index contributed by atoms with van der Waals surface area (Å²) in [6.07, 6.45) is 3.47. The van der Waals surface area contributed by atoms with E-state index in [-0.39, 0.29) is 5.41 Å². The molecule has 0 fully saturated rings. The molecule has 0 saturated carbocycles. The third-order valence-corrected chi connectivity index (χ3v) is 12.1. The van der Waals surface area contributed by atoms with Gasteiger partial charge in [0.25, 0.3) is 0 Å². The Morgan fingerprint density at radius 1 is 0.473 bits per heavy atom. The molecule has 0 N–H and O–H groups in total. The zero-order chi connectivity index (χ0) is 37.1. The molecule has 0 bridgehead atoms. The monoisotopic (exact) mass is 705 g/mol. The molecule has 1 heteroatoms. The first-order valence-corrected chi connectivity index (χ1v) is 19.6. The number of anilines is 2. The van der Waals surface area contributed by atoms with Crippen LogP contribution in [-0.4, -0.2) is 0 Å². The van der Waals surface area contributed by atoms with Gasteiger partial charge in [-0.05, 0) is 126 Å². The van der Waals surface area contributed by atoms with Gasteiger partial charge in [-0.2, -0.15) is 0 Å². The first-order valence-electron chi connectivity index (χ1n) is 19.6. The molecule has 0 heterocycles. The zero-order valence-electron chi connectivity index (χ0n) is 31.6. The van der Waals surface area contributed by atoms with Crippen LogP contribution in [0.5, 0.6) is 0 Å². The summed E-state index contributed by atoms with van der Waals surface area (Å²) in [7, 11) is 0. The molecule has 55 heavy (non-hydrogen) atoms. The van der Waals surface area contributed by atoms with E-state index in [1.54, 1.807) is 0 Å². The van der Waals surface area contributed by atoms with Crippen LogP contribution in [0.2, 0.25) is 0 Å². The topological polar surface area (TPSA) is 3.24 Å². The Labute approximate surface area is 324 Å². The first kappa shape index (κ1) is 33.2. The van der Waals surface area contributed by atoms with Gasteiger partial charge >= 0.3 is 0 Å². The van der Waals surface area contributed by atoms with Crippen LogP contribution in [-0.2, 0) is 5.41 Å². The SMILES string of the molecule is C[C@@H]1CC(N(c2ccc(-c3ccccc3)cc2)c2ccc(-c3cc4ccccc4c4ccccc34)c(-c3ccccc3)c2)=CC2=C1c1ccccc1C2(C)C. The molecule has 8 aromatic rings. The van der Waals surface area contributed by atoms with E-state index >= 15 is 0 Å². The van der Waals surface area contributed by atoms with E-state index in [9.17, 15) is 0 Å². The molecule has 0 aromatic heterocycles. The Morgan fingerprint density at radius 2 is 1.07 bits per heavy atom. The normalized spacial score (nSPS) is 15.8. The molecule has 0 amide bonds. The number of hydrogen-bond acceptors (Lipinski definition) is 1. The van der Waals surface area contributed by atoms with Gasteiger partial charge in [-0.25, -0.2) is 0 Å². The number of benzene rings is 8. The lowest BCUT2D eigenvalue weighted by atomic mass is 9.77. The molecule has 0 saturated heterocycles. The highest BCUT2D eigenvalue weighted by Gasteiger charge is 2.41. The second-order valence-electron chi connectivity index (χ2n) is 15.8. The molecule has 0 unspecified atom stereocenters. The van der Waals surface area contributed by atoms with Crippen molar-refractivity contribution in [3.63, 3.8) is 0 Å². The minimum atomic E-state index is -0.0785. The Balaban J connectivity index is 1.19. The van der Waals surface area contributed by atoms with Crippen LogP contribution in [0.4, 0.5) is 11.4 Å². The highest BCUT2D eigenvalue weighted by Crippen LogP contribution is 2.54. The summed E-state index contributed by atoms with van der Waals surface area (Å²) in [6.45, 7) is 7.21. The Morgan fingerprint density at radius 3 is 1.84 bits per heavy atom. The van der Waals surface area contributed by atoms with Crippen molar-refractivity contribution in [2.24, 2.45) is 5.92 Å². The number of rotatable bonds is 6. The van der Waals surface area contributed by atoms with Crippen LogP contribution < -0.4 is 4.90 Å². The summed E-state index contributed by atoms with van der Waals surface area (Å²) < 4.78 is 0. The smallest absolute Gasteiger partial charge is 0.0465 e. The highest BCUT2D eigenvalue weighted by molar-refractivity contribution is 6.15. The predicted octanol–water partition coefficient (Wildman–Crippen LogP) is 14.8. The van der Waals surface area contributed by atoms with Crippen LogP contribution >= 0.6 is 0 Å². The summed E-state index contributed by atoms with van der Waals surface area (Å²) in [6, 6.07) is 67.0. The second-order valence-corrected chi connectivity index (χ2v) is 15.8.